The van der Waals surface area contributed by atoms with Crippen LogP contribution < -0.4 is 0 Å². The van der Waals surface area contributed by atoms with E-state index in [2.05, 4.69) is 10.4 Å². The van der Waals surface area contributed by atoms with Gasteiger partial charge in [-0.25, -0.2) is 4.98 Å². The molecule has 2 aromatic heterocycles. The predicted molar refractivity (Wildman–Crippen MR) is 73.5 cm³/mol. The molecular weight excluding hydrogens is 275 g/mol. The summed E-state index contributed by atoms with van der Waals surface area (Å²) < 4.78 is 2.02. The van der Waals surface area contributed by atoms with Crippen LogP contribution in [0.1, 0.15) is 5.82 Å². The number of nitrogens with zero attached hydrogens (tertiary/aromatic N) is 2. The van der Waals surface area contributed by atoms with Crippen molar-refractivity contribution in [2.24, 2.45) is 0 Å². The van der Waals surface area contributed by atoms with Crippen molar-refractivity contribution >= 4 is 45.6 Å². The van der Waals surface area contributed by atoms with Crippen LogP contribution in [-0.4, -0.2) is 9.55 Å². The van der Waals surface area contributed by atoms with Gasteiger partial charge in [0.2, 0.25) is 0 Å². The summed E-state index contributed by atoms with van der Waals surface area (Å²) in [5.74, 6) is 1.18. The van der Waals surface area contributed by atoms with Gasteiger partial charge in [-0.15, -0.1) is 11.6 Å². The van der Waals surface area contributed by atoms with Crippen LogP contribution in [0, 0.1) is 0 Å². The van der Waals surface area contributed by atoms with Gasteiger partial charge in [0.25, 0.3) is 0 Å². The number of hydrogen-bond acceptors (Lipinski definition) is 2. The molecule has 0 saturated carbocycles. The van der Waals surface area contributed by atoms with Crippen molar-refractivity contribution in [3.8, 4) is 5.69 Å². The van der Waals surface area contributed by atoms with Crippen molar-refractivity contribution in [1.82, 2.24) is 9.55 Å². The van der Waals surface area contributed by atoms with Crippen LogP contribution in [0.2, 0.25) is 5.02 Å². The van der Waals surface area contributed by atoms with Crippen molar-refractivity contribution in [3.63, 3.8) is 0 Å². The van der Waals surface area contributed by atoms with E-state index in [1.807, 2.05) is 34.2 Å². The molecule has 86 valence electrons. The maximum absolute atomic E-state index is 6.25. The fourth-order valence-corrected chi connectivity index (χ4v) is 2.94. The molecule has 0 bridgehead atoms. The van der Waals surface area contributed by atoms with Crippen molar-refractivity contribution in [3.05, 3.63) is 45.9 Å². The van der Waals surface area contributed by atoms with Gasteiger partial charge in [0.1, 0.15) is 5.82 Å². The van der Waals surface area contributed by atoms with E-state index < -0.39 is 0 Å². The highest BCUT2D eigenvalue weighted by atomic mass is 35.5. The summed E-state index contributed by atoms with van der Waals surface area (Å²) in [5, 5.41) is 4.77. The van der Waals surface area contributed by atoms with E-state index in [9.17, 15) is 0 Å². The lowest BCUT2D eigenvalue weighted by Crippen LogP contribution is -1.97. The molecule has 0 radical (unpaired) electrons. The van der Waals surface area contributed by atoms with Gasteiger partial charge in [-0.05, 0) is 23.6 Å². The summed E-state index contributed by atoms with van der Waals surface area (Å²) in [5.41, 5.74) is 2.85. The van der Waals surface area contributed by atoms with Gasteiger partial charge < -0.3 is 0 Å². The van der Waals surface area contributed by atoms with Gasteiger partial charge in [0, 0.05) is 5.38 Å². The largest absolute Gasteiger partial charge is 0.293 e. The molecule has 3 rings (SSSR count). The summed E-state index contributed by atoms with van der Waals surface area (Å²) in [6.45, 7) is 0. The Bertz CT molecular complexity index is 659. The SMILES string of the molecule is ClCc1nc2cccc(Cl)c2n1-c1ccsc1. The van der Waals surface area contributed by atoms with Crippen molar-refractivity contribution < 1.29 is 0 Å². The fourth-order valence-electron chi connectivity index (χ4n) is 1.89. The first-order valence-corrected chi connectivity index (χ1v) is 6.91. The Morgan fingerprint density at radius 3 is 2.88 bits per heavy atom. The quantitative estimate of drug-likeness (QED) is 0.634. The smallest absolute Gasteiger partial charge is 0.129 e. The first-order valence-electron chi connectivity index (χ1n) is 5.05. The zero-order valence-electron chi connectivity index (χ0n) is 8.73. The van der Waals surface area contributed by atoms with Crippen LogP contribution in [0.25, 0.3) is 16.7 Å². The third-order valence-corrected chi connectivity index (χ3v) is 3.80. The number of imidazole rings is 1. The summed E-state index contributed by atoms with van der Waals surface area (Å²) in [6, 6.07) is 7.74. The Morgan fingerprint density at radius 2 is 2.18 bits per heavy atom. The second-order valence-electron chi connectivity index (χ2n) is 3.59. The molecule has 2 nitrogen and oxygen atoms in total. The highest BCUT2D eigenvalue weighted by molar-refractivity contribution is 7.08. The van der Waals surface area contributed by atoms with Crippen molar-refractivity contribution in [2.45, 2.75) is 5.88 Å². The Labute approximate surface area is 112 Å². The van der Waals surface area contributed by atoms with Crippen molar-refractivity contribution in [2.75, 3.05) is 0 Å². The Hall–Kier alpha value is -1.03. The van der Waals surface area contributed by atoms with E-state index >= 15 is 0 Å². The summed E-state index contributed by atoms with van der Waals surface area (Å²) >= 11 is 13.8. The highest BCUT2D eigenvalue weighted by Gasteiger charge is 2.14. The fraction of sp³-hybridized carbons (Fsp3) is 0.0833. The molecular formula is C12H8Cl2N2S. The third-order valence-electron chi connectivity index (χ3n) is 2.58. The Kier molecular flexibility index (Phi) is 2.82. The van der Waals surface area contributed by atoms with Gasteiger partial charge in [-0.3, -0.25) is 4.57 Å². The van der Waals surface area contributed by atoms with E-state index in [1.165, 1.54) is 0 Å². The zero-order valence-corrected chi connectivity index (χ0v) is 11.1. The lowest BCUT2D eigenvalue weighted by molar-refractivity contribution is 0.987. The second kappa shape index (κ2) is 4.33. The molecule has 0 aliphatic carbocycles. The van der Waals surface area contributed by atoms with Gasteiger partial charge in [-0.1, -0.05) is 17.7 Å². The summed E-state index contributed by atoms with van der Waals surface area (Å²) in [4.78, 5) is 4.50. The van der Waals surface area contributed by atoms with E-state index in [1.54, 1.807) is 11.3 Å². The van der Waals surface area contributed by atoms with Crippen LogP contribution in [0.5, 0.6) is 0 Å². The molecule has 0 N–H and O–H groups in total. The predicted octanol–water partition coefficient (Wildman–Crippen LogP) is 4.48. The van der Waals surface area contributed by atoms with Gasteiger partial charge in [0.05, 0.1) is 27.6 Å². The summed E-state index contributed by atoms with van der Waals surface area (Å²) in [6.07, 6.45) is 0. The molecule has 0 spiro atoms. The molecule has 0 fully saturated rings. The second-order valence-corrected chi connectivity index (χ2v) is 5.04. The molecule has 3 aromatic rings. The number of benzene rings is 1. The van der Waals surface area contributed by atoms with Crippen LogP contribution in [-0.2, 0) is 5.88 Å². The Morgan fingerprint density at radius 1 is 1.29 bits per heavy atom. The van der Waals surface area contributed by atoms with Gasteiger partial charge >= 0.3 is 0 Å². The lowest BCUT2D eigenvalue weighted by Gasteiger charge is -2.05. The first-order chi connectivity index (χ1) is 8.31. The number of hydrogen-bond donors (Lipinski definition) is 0. The average molecular weight is 283 g/mol. The van der Waals surface area contributed by atoms with E-state index in [0.717, 1.165) is 22.5 Å². The van der Waals surface area contributed by atoms with Gasteiger partial charge in [0.15, 0.2) is 0 Å². The number of aromatic nitrogens is 2. The number of para-hydroxylation sites is 1. The van der Waals surface area contributed by atoms with E-state index in [0.29, 0.717) is 10.9 Å². The first kappa shape index (κ1) is 11.1. The minimum Gasteiger partial charge on any atom is -0.293 e. The molecule has 0 atom stereocenters. The monoisotopic (exact) mass is 282 g/mol. The molecule has 0 aliphatic heterocycles. The standard InChI is InChI=1S/C12H8Cl2N2S/c13-6-11-15-10-3-1-2-9(14)12(10)16(11)8-4-5-17-7-8/h1-5,7H,6H2. The molecule has 17 heavy (non-hydrogen) atoms. The summed E-state index contributed by atoms with van der Waals surface area (Å²) in [7, 11) is 0. The molecule has 5 heteroatoms. The minimum absolute atomic E-state index is 0.362. The maximum Gasteiger partial charge on any atom is 0.129 e. The van der Waals surface area contributed by atoms with E-state index in [-0.39, 0.29) is 0 Å². The highest BCUT2D eigenvalue weighted by Crippen LogP contribution is 2.29. The molecule has 0 aliphatic rings. The van der Waals surface area contributed by atoms with Crippen LogP contribution >= 0.6 is 34.5 Å². The number of halogens is 2. The molecule has 0 unspecified atom stereocenters. The normalized spacial score (nSPS) is 11.2. The molecule has 1 aromatic carbocycles. The molecule has 0 amide bonds. The topological polar surface area (TPSA) is 17.8 Å². The van der Waals surface area contributed by atoms with Crippen LogP contribution in [0.3, 0.4) is 0 Å². The molecule has 2 heterocycles. The molecule has 0 saturated heterocycles. The number of thiophene rings is 1. The van der Waals surface area contributed by atoms with Crippen molar-refractivity contribution in [1.29, 1.82) is 0 Å². The minimum atomic E-state index is 0.362. The number of rotatable bonds is 2. The zero-order chi connectivity index (χ0) is 11.8. The van der Waals surface area contributed by atoms with Gasteiger partial charge in [-0.2, -0.15) is 11.3 Å². The number of alkyl halides is 1. The van der Waals surface area contributed by atoms with Crippen LogP contribution in [0.15, 0.2) is 35.0 Å². The van der Waals surface area contributed by atoms with E-state index in [4.69, 9.17) is 23.2 Å². The van der Waals surface area contributed by atoms with Crippen LogP contribution in [0.4, 0.5) is 0 Å². The maximum atomic E-state index is 6.25. The number of fused-ring (bicyclic) bond motifs is 1. The average Bonchev–Trinajstić information content (AvgIpc) is 2.95. The lowest BCUT2D eigenvalue weighted by atomic mass is 10.3. The Balaban J connectivity index is 2.41. The third kappa shape index (κ3) is 1.75.